The number of β-amino-alcohol motifs (C(OH)–C–C–N with tert-alkyl or cyclic N) is 1. The van der Waals surface area contributed by atoms with Crippen molar-refractivity contribution in [3.05, 3.63) is 59.7 Å². The van der Waals surface area contributed by atoms with Crippen LogP contribution in [0.1, 0.15) is 18.4 Å². The molecule has 32 heavy (non-hydrogen) atoms. The number of ether oxygens (including phenoxy) is 1. The normalized spacial score (nSPS) is 19.2. The Balaban J connectivity index is 1.49. The number of amides is 1. The summed E-state index contributed by atoms with van der Waals surface area (Å²) in [6.45, 7) is 4.84. The van der Waals surface area contributed by atoms with Gasteiger partial charge in [-0.25, -0.2) is 8.78 Å². The van der Waals surface area contributed by atoms with Crippen LogP contribution in [0.25, 0.3) is 11.1 Å². The maximum absolute atomic E-state index is 13.6. The van der Waals surface area contributed by atoms with Gasteiger partial charge in [0.05, 0.1) is 12.0 Å². The summed E-state index contributed by atoms with van der Waals surface area (Å²) in [5.41, 5.74) is 1.99. The van der Waals surface area contributed by atoms with Crippen LogP contribution in [0.15, 0.2) is 42.5 Å². The number of piperazine rings is 1. The highest BCUT2D eigenvalue weighted by molar-refractivity contribution is 5.83. The molecule has 4 rings (SSSR count). The molecule has 2 aliphatic heterocycles. The molecule has 0 bridgehead atoms. The van der Waals surface area contributed by atoms with Crippen molar-refractivity contribution < 1.29 is 23.4 Å². The van der Waals surface area contributed by atoms with E-state index >= 15 is 0 Å². The fourth-order valence-corrected chi connectivity index (χ4v) is 4.76. The third-order valence-corrected chi connectivity index (χ3v) is 6.73. The molecule has 2 aromatic rings. The first kappa shape index (κ1) is 22.8. The third kappa shape index (κ3) is 5.00. The first-order valence-corrected chi connectivity index (χ1v) is 11.3. The van der Waals surface area contributed by atoms with Gasteiger partial charge in [-0.15, -0.1) is 0 Å². The predicted molar refractivity (Wildman–Crippen MR) is 118 cm³/mol. The number of hydrogen-bond donors (Lipinski definition) is 1. The van der Waals surface area contributed by atoms with E-state index in [4.69, 9.17) is 9.84 Å². The van der Waals surface area contributed by atoms with Crippen LogP contribution in [-0.2, 0) is 16.0 Å². The molecule has 172 valence electrons. The SMILES string of the molecule is O=C(N1CCN(CCO)CC1)C1(Cc2ccc(-c3ccc(F)c(F)c3)cc2)CCOCC1. The predicted octanol–water partition coefficient (Wildman–Crippen LogP) is 3.11. The summed E-state index contributed by atoms with van der Waals surface area (Å²) in [6.07, 6.45) is 2.01. The van der Waals surface area contributed by atoms with Crippen molar-refractivity contribution in [2.24, 2.45) is 5.41 Å². The van der Waals surface area contributed by atoms with E-state index in [-0.39, 0.29) is 12.5 Å². The van der Waals surface area contributed by atoms with Gasteiger partial charge in [0.2, 0.25) is 5.91 Å². The van der Waals surface area contributed by atoms with Crippen LogP contribution < -0.4 is 0 Å². The van der Waals surface area contributed by atoms with E-state index in [1.807, 2.05) is 29.2 Å². The molecule has 2 aromatic carbocycles. The van der Waals surface area contributed by atoms with Gasteiger partial charge in [-0.05, 0) is 48.1 Å². The Morgan fingerprint density at radius 3 is 2.22 bits per heavy atom. The Kier molecular flexibility index (Phi) is 7.18. The summed E-state index contributed by atoms with van der Waals surface area (Å²) in [5, 5.41) is 9.15. The van der Waals surface area contributed by atoms with Crippen LogP contribution in [0.4, 0.5) is 8.78 Å². The number of benzene rings is 2. The topological polar surface area (TPSA) is 53.0 Å². The average Bonchev–Trinajstić information content (AvgIpc) is 2.82. The lowest BCUT2D eigenvalue weighted by Crippen LogP contribution is -2.55. The van der Waals surface area contributed by atoms with E-state index < -0.39 is 17.0 Å². The number of rotatable bonds is 6. The smallest absolute Gasteiger partial charge is 0.229 e. The summed E-state index contributed by atoms with van der Waals surface area (Å²) >= 11 is 0. The van der Waals surface area contributed by atoms with Crippen molar-refractivity contribution >= 4 is 5.91 Å². The molecule has 0 atom stereocenters. The Bertz CT molecular complexity index is 921. The monoisotopic (exact) mass is 444 g/mol. The van der Waals surface area contributed by atoms with Crippen LogP contribution in [0.3, 0.4) is 0 Å². The number of aliphatic hydroxyl groups is 1. The van der Waals surface area contributed by atoms with E-state index in [0.29, 0.717) is 57.7 Å². The largest absolute Gasteiger partial charge is 0.395 e. The Hall–Kier alpha value is -2.35. The molecular formula is C25H30F2N2O3. The van der Waals surface area contributed by atoms with Crippen LogP contribution in [0.2, 0.25) is 0 Å². The van der Waals surface area contributed by atoms with Gasteiger partial charge in [0.25, 0.3) is 0 Å². The lowest BCUT2D eigenvalue weighted by molar-refractivity contribution is -0.149. The zero-order valence-corrected chi connectivity index (χ0v) is 18.2. The van der Waals surface area contributed by atoms with Gasteiger partial charge in [0, 0.05) is 45.9 Å². The quantitative estimate of drug-likeness (QED) is 0.744. The molecular weight excluding hydrogens is 414 g/mol. The standard InChI is InChI=1S/C25H30F2N2O3/c26-22-6-5-21(17-23(22)27)20-3-1-19(2-4-20)18-25(7-15-32-16-8-25)24(31)29-11-9-28(10-12-29)13-14-30/h1-6,17,30H,7-16,18H2. The lowest BCUT2D eigenvalue weighted by Gasteiger charge is -2.43. The highest BCUT2D eigenvalue weighted by Crippen LogP contribution is 2.37. The summed E-state index contributed by atoms with van der Waals surface area (Å²) in [7, 11) is 0. The minimum absolute atomic E-state index is 0.135. The van der Waals surface area contributed by atoms with Crippen molar-refractivity contribution in [1.29, 1.82) is 0 Å². The molecule has 2 saturated heterocycles. The molecule has 2 aliphatic rings. The van der Waals surface area contributed by atoms with Gasteiger partial charge in [-0.3, -0.25) is 9.69 Å². The van der Waals surface area contributed by atoms with Crippen LogP contribution in [0.5, 0.6) is 0 Å². The molecule has 2 fully saturated rings. The Morgan fingerprint density at radius 2 is 1.59 bits per heavy atom. The number of halogens is 2. The number of carbonyl (C=O) groups is 1. The van der Waals surface area contributed by atoms with Crippen LogP contribution in [-0.4, -0.2) is 73.4 Å². The molecule has 0 saturated carbocycles. The summed E-state index contributed by atoms with van der Waals surface area (Å²) in [4.78, 5) is 17.8. The molecule has 0 aliphatic carbocycles. The van der Waals surface area contributed by atoms with E-state index in [1.54, 1.807) is 6.07 Å². The summed E-state index contributed by atoms with van der Waals surface area (Å²) in [6, 6.07) is 11.6. The lowest BCUT2D eigenvalue weighted by atomic mass is 9.73. The van der Waals surface area contributed by atoms with Crippen LogP contribution in [0, 0.1) is 17.0 Å². The number of carbonyl (C=O) groups excluding carboxylic acids is 1. The van der Waals surface area contributed by atoms with E-state index in [2.05, 4.69) is 4.90 Å². The van der Waals surface area contributed by atoms with Crippen molar-refractivity contribution in [1.82, 2.24) is 9.80 Å². The Morgan fingerprint density at radius 1 is 0.938 bits per heavy atom. The average molecular weight is 445 g/mol. The molecule has 0 aromatic heterocycles. The van der Waals surface area contributed by atoms with Crippen LogP contribution >= 0.6 is 0 Å². The molecule has 1 N–H and O–H groups in total. The van der Waals surface area contributed by atoms with E-state index in [1.165, 1.54) is 6.07 Å². The maximum atomic E-state index is 13.6. The van der Waals surface area contributed by atoms with Gasteiger partial charge in [-0.2, -0.15) is 0 Å². The van der Waals surface area contributed by atoms with Crippen molar-refractivity contribution in [3.8, 4) is 11.1 Å². The maximum Gasteiger partial charge on any atom is 0.229 e. The first-order valence-electron chi connectivity index (χ1n) is 11.3. The fraction of sp³-hybridized carbons (Fsp3) is 0.480. The molecule has 0 radical (unpaired) electrons. The highest BCUT2D eigenvalue weighted by Gasteiger charge is 2.43. The second-order valence-corrected chi connectivity index (χ2v) is 8.75. The molecule has 0 unspecified atom stereocenters. The van der Waals surface area contributed by atoms with Gasteiger partial charge >= 0.3 is 0 Å². The second kappa shape index (κ2) is 10.1. The minimum atomic E-state index is -0.864. The van der Waals surface area contributed by atoms with Crippen molar-refractivity contribution in [2.45, 2.75) is 19.3 Å². The first-order chi connectivity index (χ1) is 15.5. The third-order valence-electron chi connectivity index (χ3n) is 6.73. The van der Waals surface area contributed by atoms with Gasteiger partial charge in [-0.1, -0.05) is 30.3 Å². The zero-order chi connectivity index (χ0) is 22.6. The highest BCUT2D eigenvalue weighted by atomic mass is 19.2. The molecule has 0 spiro atoms. The molecule has 5 nitrogen and oxygen atoms in total. The van der Waals surface area contributed by atoms with Crippen molar-refractivity contribution in [2.75, 3.05) is 52.5 Å². The van der Waals surface area contributed by atoms with E-state index in [9.17, 15) is 13.6 Å². The van der Waals surface area contributed by atoms with E-state index in [0.717, 1.165) is 30.3 Å². The molecule has 1 amide bonds. The second-order valence-electron chi connectivity index (χ2n) is 8.75. The van der Waals surface area contributed by atoms with Gasteiger partial charge in [0.1, 0.15) is 0 Å². The minimum Gasteiger partial charge on any atom is -0.395 e. The Labute approximate surface area is 187 Å². The van der Waals surface area contributed by atoms with Crippen molar-refractivity contribution in [3.63, 3.8) is 0 Å². The summed E-state index contributed by atoms with van der Waals surface area (Å²) < 4.78 is 32.4. The number of aliphatic hydroxyl groups excluding tert-OH is 1. The fourth-order valence-electron chi connectivity index (χ4n) is 4.76. The number of nitrogens with zero attached hydrogens (tertiary/aromatic N) is 2. The van der Waals surface area contributed by atoms with Gasteiger partial charge < -0.3 is 14.7 Å². The number of hydrogen-bond acceptors (Lipinski definition) is 4. The molecule has 7 heteroatoms. The summed E-state index contributed by atoms with van der Waals surface area (Å²) in [5.74, 6) is -1.53. The zero-order valence-electron chi connectivity index (χ0n) is 18.2. The van der Waals surface area contributed by atoms with Gasteiger partial charge in [0.15, 0.2) is 11.6 Å². The molecule has 2 heterocycles.